The molecule has 0 aliphatic carbocycles. The van der Waals surface area contributed by atoms with Crippen LogP contribution in [0.15, 0.2) is 66.7 Å². The smallest absolute Gasteiger partial charge is 0.261 e. The van der Waals surface area contributed by atoms with Crippen LogP contribution in [-0.2, 0) is 10.5 Å². The minimum atomic E-state index is -0.530. The second-order valence-electron chi connectivity index (χ2n) is 6.46. The topological polar surface area (TPSA) is 38.3 Å². The van der Waals surface area contributed by atoms with Crippen molar-refractivity contribution >= 4 is 28.4 Å². The molecule has 0 radical (unpaired) electrons. The first-order valence-corrected chi connectivity index (χ1v) is 10.6. The van der Waals surface area contributed by atoms with Crippen molar-refractivity contribution in [3.63, 3.8) is 0 Å². The van der Waals surface area contributed by atoms with Crippen LogP contribution in [0.1, 0.15) is 18.9 Å². The minimum Gasteiger partial charge on any atom is -0.481 e. The van der Waals surface area contributed by atoms with Gasteiger partial charge in [0.15, 0.2) is 6.10 Å². The number of carbonyl (C=O) groups is 1. The summed E-state index contributed by atoms with van der Waals surface area (Å²) < 4.78 is 19.5. The van der Waals surface area contributed by atoms with E-state index in [-0.39, 0.29) is 11.7 Å². The van der Waals surface area contributed by atoms with Gasteiger partial charge in [0.05, 0.1) is 0 Å². The molecule has 0 heterocycles. The molecule has 0 saturated heterocycles. The lowest BCUT2D eigenvalue weighted by Crippen LogP contribution is -2.39. The first-order valence-electron chi connectivity index (χ1n) is 9.41. The Morgan fingerprint density at radius 3 is 2.61 bits per heavy atom. The molecule has 0 unspecified atom stereocenters. The number of thioether (sulfide) groups is 1. The molecule has 0 bridgehead atoms. The molecule has 3 nitrogen and oxygen atoms in total. The predicted octanol–water partition coefficient (Wildman–Crippen LogP) is 5.19. The zero-order valence-electron chi connectivity index (χ0n) is 15.9. The van der Waals surface area contributed by atoms with Gasteiger partial charge >= 0.3 is 0 Å². The molecule has 1 N–H and O–H groups in total. The van der Waals surface area contributed by atoms with Crippen LogP contribution in [0, 0.1) is 5.82 Å². The molecule has 3 rings (SSSR count). The van der Waals surface area contributed by atoms with Gasteiger partial charge in [-0.3, -0.25) is 4.79 Å². The molecule has 0 aliphatic heterocycles. The van der Waals surface area contributed by atoms with E-state index in [9.17, 15) is 9.18 Å². The summed E-state index contributed by atoms with van der Waals surface area (Å²) >= 11 is 1.59. The van der Waals surface area contributed by atoms with Crippen molar-refractivity contribution in [1.82, 2.24) is 5.32 Å². The van der Waals surface area contributed by atoms with Gasteiger partial charge in [-0.25, -0.2) is 4.39 Å². The zero-order chi connectivity index (χ0) is 19.8. The van der Waals surface area contributed by atoms with Crippen molar-refractivity contribution in [2.45, 2.75) is 25.2 Å². The van der Waals surface area contributed by atoms with Crippen molar-refractivity contribution in [2.75, 3.05) is 12.3 Å². The minimum absolute atomic E-state index is 0.123. The lowest BCUT2D eigenvalue weighted by Gasteiger charge is -2.17. The van der Waals surface area contributed by atoms with Gasteiger partial charge in [0, 0.05) is 18.1 Å². The van der Waals surface area contributed by atoms with Gasteiger partial charge in [0.2, 0.25) is 0 Å². The fraction of sp³-hybridized carbons (Fsp3) is 0.261. The molecule has 5 heteroatoms. The van der Waals surface area contributed by atoms with Crippen molar-refractivity contribution in [3.8, 4) is 5.75 Å². The molecule has 28 heavy (non-hydrogen) atoms. The highest BCUT2D eigenvalue weighted by atomic mass is 32.2. The maximum Gasteiger partial charge on any atom is 0.261 e. The summed E-state index contributed by atoms with van der Waals surface area (Å²) in [4.78, 5) is 12.4. The molecule has 0 fully saturated rings. The number of halogens is 1. The van der Waals surface area contributed by atoms with Gasteiger partial charge in [-0.15, -0.1) is 0 Å². The quantitative estimate of drug-likeness (QED) is 0.505. The van der Waals surface area contributed by atoms with E-state index in [1.165, 1.54) is 6.07 Å². The fourth-order valence-electron chi connectivity index (χ4n) is 2.89. The number of fused-ring (bicyclic) bond motifs is 1. The Hall–Kier alpha value is -2.53. The van der Waals surface area contributed by atoms with E-state index in [0.717, 1.165) is 10.8 Å². The molecule has 0 saturated carbocycles. The molecular formula is C23H24FNO2S. The Bertz CT molecular complexity index is 931. The van der Waals surface area contributed by atoms with Crippen LogP contribution in [0.5, 0.6) is 5.75 Å². The van der Waals surface area contributed by atoms with E-state index in [2.05, 4.69) is 5.32 Å². The van der Waals surface area contributed by atoms with Crippen LogP contribution in [-0.4, -0.2) is 24.3 Å². The summed E-state index contributed by atoms with van der Waals surface area (Å²) in [5.41, 5.74) is 0.685. The highest BCUT2D eigenvalue weighted by molar-refractivity contribution is 7.98. The van der Waals surface area contributed by atoms with Gasteiger partial charge in [0.25, 0.3) is 5.91 Å². The maximum absolute atomic E-state index is 13.6. The largest absolute Gasteiger partial charge is 0.481 e. The fourth-order valence-corrected chi connectivity index (χ4v) is 3.73. The van der Waals surface area contributed by atoms with Crippen molar-refractivity contribution < 1.29 is 13.9 Å². The molecule has 146 valence electrons. The summed E-state index contributed by atoms with van der Waals surface area (Å²) in [5.74, 6) is 1.69. The van der Waals surface area contributed by atoms with E-state index < -0.39 is 6.10 Å². The molecule has 1 amide bonds. The molecule has 0 aliphatic rings. The second-order valence-corrected chi connectivity index (χ2v) is 7.56. The van der Waals surface area contributed by atoms with Gasteiger partial charge < -0.3 is 10.1 Å². The third-order valence-corrected chi connectivity index (χ3v) is 5.43. The van der Waals surface area contributed by atoms with Crippen molar-refractivity contribution in [3.05, 3.63) is 78.1 Å². The number of amides is 1. The SMILES string of the molecule is CC[C@H](Oc1ccc2ccccc2c1)C(=O)NCCSCc1ccccc1F. The standard InChI is InChI=1S/C23H24FNO2S/c1-2-22(27-20-12-11-17-7-3-4-8-18(17)15-20)23(26)25-13-14-28-16-19-9-5-6-10-21(19)24/h3-12,15,22H,2,13-14,16H2,1H3,(H,25,26)/t22-/m0/s1. The van der Waals surface area contributed by atoms with Crippen LogP contribution in [0.3, 0.4) is 0 Å². The monoisotopic (exact) mass is 397 g/mol. The summed E-state index contributed by atoms with van der Waals surface area (Å²) in [7, 11) is 0. The number of hydrogen-bond donors (Lipinski definition) is 1. The van der Waals surface area contributed by atoms with Gasteiger partial charge in [-0.05, 0) is 41.0 Å². The number of nitrogens with one attached hydrogen (secondary N) is 1. The van der Waals surface area contributed by atoms with Crippen LogP contribution in [0.2, 0.25) is 0 Å². The summed E-state index contributed by atoms with van der Waals surface area (Å²) in [6.45, 7) is 2.45. The Labute approximate surface area is 169 Å². The van der Waals surface area contributed by atoms with E-state index in [1.807, 2.05) is 55.5 Å². The number of ether oxygens (including phenoxy) is 1. The van der Waals surface area contributed by atoms with Crippen molar-refractivity contribution in [1.29, 1.82) is 0 Å². The predicted molar refractivity (Wildman–Crippen MR) is 114 cm³/mol. The molecule has 3 aromatic rings. The lowest BCUT2D eigenvalue weighted by molar-refractivity contribution is -0.127. The van der Waals surface area contributed by atoms with Gasteiger partial charge in [-0.2, -0.15) is 11.8 Å². The number of hydrogen-bond acceptors (Lipinski definition) is 3. The van der Waals surface area contributed by atoms with Gasteiger partial charge in [0.1, 0.15) is 11.6 Å². The Balaban J connectivity index is 1.45. The summed E-state index contributed by atoms with van der Waals surface area (Å²) in [6.07, 6.45) is 0.0545. The summed E-state index contributed by atoms with van der Waals surface area (Å²) in [5, 5.41) is 5.13. The normalized spacial score (nSPS) is 11.9. The Morgan fingerprint density at radius 2 is 1.82 bits per heavy atom. The summed E-state index contributed by atoms with van der Waals surface area (Å²) in [6, 6.07) is 20.6. The number of benzene rings is 3. The number of carbonyl (C=O) groups excluding carboxylic acids is 1. The van der Waals surface area contributed by atoms with Crippen LogP contribution in [0.4, 0.5) is 4.39 Å². The van der Waals surface area contributed by atoms with E-state index >= 15 is 0 Å². The number of rotatable bonds is 9. The third-order valence-electron chi connectivity index (χ3n) is 4.42. The Morgan fingerprint density at radius 1 is 1.07 bits per heavy atom. The Kier molecular flexibility index (Phi) is 7.31. The van der Waals surface area contributed by atoms with E-state index in [4.69, 9.17) is 4.74 Å². The van der Waals surface area contributed by atoms with Crippen molar-refractivity contribution in [2.24, 2.45) is 0 Å². The molecular weight excluding hydrogens is 373 g/mol. The first kappa shape index (κ1) is 20.2. The molecule has 3 aromatic carbocycles. The van der Waals surface area contributed by atoms with Crippen LogP contribution < -0.4 is 10.1 Å². The molecule has 1 atom stereocenters. The average Bonchev–Trinajstić information content (AvgIpc) is 2.72. The molecule has 0 aromatic heterocycles. The highest BCUT2D eigenvalue weighted by Gasteiger charge is 2.18. The maximum atomic E-state index is 13.6. The molecule has 0 spiro atoms. The van der Waals surface area contributed by atoms with Gasteiger partial charge in [-0.1, -0.05) is 55.5 Å². The van der Waals surface area contributed by atoms with Crippen LogP contribution in [0.25, 0.3) is 10.8 Å². The lowest BCUT2D eigenvalue weighted by atomic mass is 10.1. The highest BCUT2D eigenvalue weighted by Crippen LogP contribution is 2.22. The first-order chi connectivity index (χ1) is 13.7. The van der Waals surface area contributed by atoms with Crippen LogP contribution >= 0.6 is 11.8 Å². The zero-order valence-corrected chi connectivity index (χ0v) is 16.7. The second kappa shape index (κ2) is 10.1. The third kappa shape index (κ3) is 5.49. The van der Waals surface area contributed by atoms with E-state index in [0.29, 0.717) is 35.8 Å². The average molecular weight is 398 g/mol. The van der Waals surface area contributed by atoms with E-state index in [1.54, 1.807) is 23.9 Å².